The monoisotopic (exact) mass is 420 g/mol. The summed E-state index contributed by atoms with van der Waals surface area (Å²) in [6.07, 6.45) is 0. The number of hydrogen-bond donors (Lipinski definition) is 3. The number of likely N-dealkylation sites (N-methyl/N-ethyl adjacent to an activating group) is 2. The van der Waals surface area contributed by atoms with Crippen LogP contribution in [0, 0.1) is 6.92 Å². The Labute approximate surface area is 183 Å². The number of nitrogens with one attached hydrogen (secondary N) is 3. The maximum atomic E-state index is 12.8. The fourth-order valence-electron chi connectivity index (χ4n) is 3.31. The highest BCUT2D eigenvalue weighted by molar-refractivity contribution is 5.91. The zero-order chi connectivity index (χ0) is 22.2. The molecule has 162 valence electrons. The Balaban J connectivity index is 1.82. The van der Waals surface area contributed by atoms with Crippen LogP contribution in [-0.2, 0) is 9.59 Å². The predicted octanol–water partition coefficient (Wildman–Crippen LogP) is 1.83. The molecular weight excluding hydrogens is 390 g/mol. The second-order valence-electron chi connectivity index (χ2n) is 7.49. The minimum Gasteiger partial charge on any atom is -0.351 e. The second kappa shape index (κ2) is 10.5. The van der Waals surface area contributed by atoms with E-state index in [2.05, 4.69) is 10.6 Å². The van der Waals surface area contributed by atoms with Crippen LogP contribution in [0.4, 0.5) is 5.82 Å². The molecule has 0 fully saturated rings. The summed E-state index contributed by atoms with van der Waals surface area (Å²) in [5.41, 5.74) is 3.79. The Morgan fingerprint density at radius 2 is 1.65 bits per heavy atom. The highest BCUT2D eigenvalue weighted by Crippen LogP contribution is 2.25. The van der Waals surface area contributed by atoms with Crippen molar-refractivity contribution >= 4 is 17.6 Å². The van der Waals surface area contributed by atoms with Crippen molar-refractivity contribution in [3.63, 3.8) is 0 Å². The van der Waals surface area contributed by atoms with Crippen molar-refractivity contribution in [2.45, 2.75) is 20.8 Å². The molecule has 3 rings (SSSR count). The number of anilines is 1. The first kappa shape index (κ1) is 22.2. The second-order valence-corrected chi connectivity index (χ2v) is 7.49. The zero-order valence-electron chi connectivity index (χ0n) is 18.3. The molecule has 2 aromatic carbocycles. The summed E-state index contributed by atoms with van der Waals surface area (Å²) in [6, 6.07) is 19.7. The maximum absolute atomic E-state index is 12.8. The number of aryl methyl sites for hydroxylation is 1. The molecule has 0 saturated heterocycles. The highest BCUT2D eigenvalue weighted by atomic mass is 16.2. The van der Waals surface area contributed by atoms with Gasteiger partial charge in [0.05, 0.1) is 17.9 Å². The van der Waals surface area contributed by atoms with Crippen molar-refractivity contribution in [2.24, 2.45) is 0 Å². The summed E-state index contributed by atoms with van der Waals surface area (Å²) in [6.45, 7) is 7.62. The van der Waals surface area contributed by atoms with Gasteiger partial charge in [0.1, 0.15) is 5.82 Å². The lowest BCUT2D eigenvalue weighted by molar-refractivity contribution is -0.881. The molecule has 0 bridgehead atoms. The van der Waals surface area contributed by atoms with Gasteiger partial charge in [0.2, 0.25) is 0 Å². The van der Waals surface area contributed by atoms with Crippen LogP contribution < -0.4 is 15.5 Å². The Morgan fingerprint density at radius 3 is 2.29 bits per heavy atom. The SMILES string of the molecule is CCNC(=O)C[NH+](CC)CC(=O)Nc1cc(-c2ccc(C)cc2)nn1-c1ccccc1. The van der Waals surface area contributed by atoms with Crippen LogP contribution in [-0.4, -0.2) is 47.8 Å². The number of amides is 2. The number of para-hydroxylation sites is 1. The number of aromatic nitrogens is 2. The van der Waals surface area contributed by atoms with Crippen LogP contribution in [0.25, 0.3) is 16.9 Å². The molecule has 3 aromatic rings. The van der Waals surface area contributed by atoms with Gasteiger partial charge in [0.15, 0.2) is 13.1 Å². The van der Waals surface area contributed by atoms with Crippen molar-refractivity contribution in [3.8, 4) is 16.9 Å². The molecule has 3 N–H and O–H groups in total. The van der Waals surface area contributed by atoms with Gasteiger partial charge in [-0.15, -0.1) is 0 Å². The third-order valence-corrected chi connectivity index (χ3v) is 5.02. The molecule has 7 heteroatoms. The van der Waals surface area contributed by atoms with Gasteiger partial charge in [-0.1, -0.05) is 48.0 Å². The molecule has 0 aliphatic rings. The molecule has 1 aromatic heterocycles. The van der Waals surface area contributed by atoms with Gasteiger partial charge in [0, 0.05) is 18.2 Å². The number of quaternary nitrogens is 1. The molecule has 7 nitrogen and oxygen atoms in total. The first-order chi connectivity index (χ1) is 15.0. The molecule has 1 heterocycles. The van der Waals surface area contributed by atoms with Gasteiger partial charge in [-0.05, 0) is 32.9 Å². The fourth-order valence-corrected chi connectivity index (χ4v) is 3.31. The van der Waals surface area contributed by atoms with Crippen LogP contribution in [0.15, 0.2) is 60.7 Å². The van der Waals surface area contributed by atoms with Gasteiger partial charge >= 0.3 is 0 Å². The van der Waals surface area contributed by atoms with E-state index in [4.69, 9.17) is 5.10 Å². The van der Waals surface area contributed by atoms with Crippen molar-refractivity contribution < 1.29 is 14.5 Å². The third-order valence-electron chi connectivity index (χ3n) is 5.02. The smallest absolute Gasteiger partial charge is 0.280 e. The number of carbonyl (C=O) groups is 2. The van der Waals surface area contributed by atoms with E-state index < -0.39 is 0 Å². The van der Waals surface area contributed by atoms with Crippen LogP contribution >= 0.6 is 0 Å². The van der Waals surface area contributed by atoms with Crippen molar-refractivity contribution in [2.75, 3.05) is 31.5 Å². The average molecular weight is 421 g/mol. The fraction of sp³-hybridized carbons (Fsp3) is 0.292. The van der Waals surface area contributed by atoms with Crippen molar-refractivity contribution in [3.05, 3.63) is 66.2 Å². The van der Waals surface area contributed by atoms with Gasteiger partial charge in [0.25, 0.3) is 11.8 Å². The van der Waals surface area contributed by atoms with E-state index in [-0.39, 0.29) is 24.9 Å². The first-order valence-electron chi connectivity index (χ1n) is 10.6. The lowest BCUT2D eigenvalue weighted by Crippen LogP contribution is -3.14. The van der Waals surface area contributed by atoms with Gasteiger partial charge in [-0.25, -0.2) is 4.68 Å². The molecule has 1 unspecified atom stereocenters. The molecule has 0 radical (unpaired) electrons. The third kappa shape index (κ3) is 6.02. The van der Waals surface area contributed by atoms with Gasteiger partial charge in [-0.2, -0.15) is 5.10 Å². The minimum absolute atomic E-state index is 0.0527. The average Bonchev–Trinajstić information content (AvgIpc) is 3.18. The van der Waals surface area contributed by atoms with E-state index in [1.165, 1.54) is 5.56 Å². The summed E-state index contributed by atoms with van der Waals surface area (Å²) in [4.78, 5) is 25.6. The molecule has 1 atom stereocenters. The molecule has 0 spiro atoms. The summed E-state index contributed by atoms with van der Waals surface area (Å²) in [5.74, 6) is 0.386. The molecular formula is C24H30N5O2+. The maximum Gasteiger partial charge on any atom is 0.280 e. The lowest BCUT2D eigenvalue weighted by atomic mass is 10.1. The van der Waals surface area contributed by atoms with Gasteiger partial charge in [-0.3, -0.25) is 9.59 Å². The number of carbonyl (C=O) groups excluding carboxylic acids is 2. The summed E-state index contributed by atoms with van der Waals surface area (Å²) < 4.78 is 1.74. The number of benzene rings is 2. The highest BCUT2D eigenvalue weighted by Gasteiger charge is 2.19. The summed E-state index contributed by atoms with van der Waals surface area (Å²) in [7, 11) is 0. The molecule has 2 amide bonds. The summed E-state index contributed by atoms with van der Waals surface area (Å²) >= 11 is 0. The largest absolute Gasteiger partial charge is 0.351 e. The predicted molar refractivity (Wildman–Crippen MR) is 122 cm³/mol. The van der Waals surface area contributed by atoms with E-state index in [9.17, 15) is 9.59 Å². The quantitative estimate of drug-likeness (QED) is 0.494. The van der Waals surface area contributed by atoms with Crippen LogP contribution in [0.2, 0.25) is 0 Å². The Morgan fingerprint density at radius 1 is 0.968 bits per heavy atom. The van der Waals surface area contributed by atoms with E-state index in [0.29, 0.717) is 18.9 Å². The molecule has 0 aliphatic heterocycles. The number of rotatable bonds is 9. The van der Waals surface area contributed by atoms with Crippen molar-refractivity contribution in [1.82, 2.24) is 15.1 Å². The molecule has 0 saturated carbocycles. The molecule has 0 aliphatic carbocycles. The van der Waals surface area contributed by atoms with E-state index in [1.807, 2.05) is 81.4 Å². The topological polar surface area (TPSA) is 80.5 Å². The standard InChI is InChI=1S/C24H29N5O2/c1-4-25-23(30)16-28(5-2)17-24(31)26-22-15-21(19-13-11-18(3)12-14-19)27-29(22)20-9-7-6-8-10-20/h6-15H,4-5,16-17H2,1-3H3,(H,25,30)(H,26,31)/p+1. The normalized spacial score (nSPS) is 11.7. The Kier molecular flexibility index (Phi) is 7.56. The first-order valence-corrected chi connectivity index (χ1v) is 10.6. The van der Waals surface area contributed by atoms with Gasteiger partial charge < -0.3 is 15.5 Å². The van der Waals surface area contributed by atoms with Crippen LogP contribution in [0.1, 0.15) is 19.4 Å². The van der Waals surface area contributed by atoms with Crippen LogP contribution in [0.5, 0.6) is 0 Å². The zero-order valence-corrected chi connectivity index (χ0v) is 18.3. The lowest BCUT2D eigenvalue weighted by Gasteiger charge is -2.17. The van der Waals surface area contributed by atoms with E-state index >= 15 is 0 Å². The number of nitrogens with zero attached hydrogens (tertiary/aromatic N) is 2. The van der Waals surface area contributed by atoms with E-state index in [1.54, 1.807) is 4.68 Å². The Bertz CT molecular complexity index is 1010. The van der Waals surface area contributed by atoms with E-state index in [0.717, 1.165) is 21.8 Å². The Hall–Kier alpha value is -3.45. The van der Waals surface area contributed by atoms with Crippen molar-refractivity contribution in [1.29, 1.82) is 0 Å². The molecule has 31 heavy (non-hydrogen) atoms. The minimum atomic E-state index is -0.159. The van der Waals surface area contributed by atoms with Crippen LogP contribution in [0.3, 0.4) is 0 Å². The summed E-state index contributed by atoms with van der Waals surface area (Å²) in [5, 5.41) is 10.5. The number of hydrogen-bond acceptors (Lipinski definition) is 3.